The first-order chi connectivity index (χ1) is 18.0. The van der Waals surface area contributed by atoms with E-state index in [-0.39, 0.29) is 17.9 Å². The van der Waals surface area contributed by atoms with Crippen LogP contribution in [0.2, 0.25) is 0 Å². The van der Waals surface area contributed by atoms with Crippen LogP contribution >= 0.6 is 11.8 Å². The first-order valence-electron chi connectivity index (χ1n) is 12.6. The first-order valence-corrected chi connectivity index (χ1v) is 13.5. The van der Waals surface area contributed by atoms with Gasteiger partial charge < -0.3 is 19.9 Å². The molecule has 3 aromatic carbocycles. The zero-order chi connectivity index (χ0) is 25.8. The van der Waals surface area contributed by atoms with Crippen molar-refractivity contribution in [2.24, 2.45) is 0 Å². The molecule has 37 heavy (non-hydrogen) atoms. The molecule has 1 fully saturated rings. The topological polar surface area (TPSA) is 63.1 Å². The lowest BCUT2D eigenvalue weighted by Crippen LogP contribution is -3.12. The van der Waals surface area contributed by atoms with E-state index < -0.39 is 0 Å². The molecule has 0 aromatic heterocycles. The maximum Gasteiger partial charge on any atom is 0.264 e. The quantitative estimate of drug-likeness (QED) is 0.492. The number of quaternary nitrogens is 1. The van der Waals surface area contributed by atoms with Crippen molar-refractivity contribution in [1.82, 2.24) is 5.32 Å². The Bertz CT molecular complexity index is 1320. The molecule has 1 saturated heterocycles. The number of likely N-dealkylation sites (tertiary alicyclic amines) is 1. The summed E-state index contributed by atoms with van der Waals surface area (Å²) in [7, 11) is 3.38. The molecular weight excluding hydrogens is 482 g/mol. The molecule has 190 valence electrons. The van der Waals surface area contributed by atoms with Crippen LogP contribution in [0.15, 0.2) is 82.6 Å². The van der Waals surface area contributed by atoms with Gasteiger partial charge in [0.2, 0.25) is 0 Å². The van der Waals surface area contributed by atoms with E-state index in [1.807, 2.05) is 54.6 Å². The number of carbonyl (C=O) groups excluding carboxylic acids is 2. The predicted octanol–water partition coefficient (Wildman–Crippen LogP) is 3.78. The minimum atomic E-state index is -0.0911. The molecule has 0 unspecified atom stereocenters. The van der Waals surface area contributed by atoms with Crippen LogP contribution in [0, 0.1) is 0 Å². The van der Waals surface area contributed by atoms with Crippen molar-refractivity contribution in [3.05, 3.63) is 94.4 Å². The molecule has 3 aromatic rings. The Balaban J connectivity index is 1.22. The first kappa shape index (κ1) is 25.1. The summed E-state index contributed by atoms with van der Waals surface area (Å²) >= 11 is 1.43. The van der Waals surface area contributed by atoms with Gasteiger partial charge in [-0.1, -0.05) is 54.2 Å². The molecule has 6 nitrogen and oxygen atoms in total. The van der Waals surface area contributed by atoms with Gasteiger partial charge in [-0.05, 0) is 42.0 Å². The number of anilines is 1. The number of benzene rings is 3. The molecular formula is C30H32N3O3S+. The summed E-state index contributed by atoms with van der Waals surface area (Å²) in [6.45, 7) is 3.11. The van der Waals surface area contributed by atoms with Crippen molar-refractivity contribution in [3.8, 4) is 5.75 Å². The molecule has 5 rings (SSSR count). The van der Waals surface area contributed by atoms with E-state index in [1.54, 1.807) is 24.0 Å². The highest BCUT2D eigenvalue weighted by molar-refractivity contribution is 8.04. The van der Waals surface area contributed by atoms with Crippen LogP contribution in [-0.2, 0) is 11.3 Å². The molecule has 2 N–H and O–H groups in total. The largest absolute Gasteiger partial charge is 0.497 e. The van der Waals surface area contributed by atoms with Gasteiger partial charge in [-0.2, -0.15) is 0 Å². The number of methoxy groups -OCH3 is 1. The SMILES string of the molecule is COc1cccc(C=C2Sc3ccc(C(=O)NC4CC[NH+](Cc5ccccc5)CC4)cc3N(C)C2=O)c1. The van der Waals surface area contributed by atoms with Gasteiger partial charge in [0.05, 0.1) is 30.8 Å². The Kier molecular flexibility index (Phi) is 7.63. The molecule has 2 amide bonds. The molecule has 0 aliphatic carbocycles. The number of nitrogens with zero attached hydrogens (tertiary/aromatic N) is 1. The number of hydrogen-bond acceptors (Lipinski definition) is 4. The minimum Gasteiger partial charge on any atom is -0.497 e. The Labute approximate surface area is 222 Å². The highest BCUT2D eigenvalue weighted by Gasteiger charge is 2.28. The molecule has 7 heteroatoms. The van der Waals surface area contributed by atoms with Crippen LogP contribution in [0.25, 0.3) is 6.08 Å². The summed E-state index contributed by atoms with van der Waals surface area (Å²) in [6.07, 6.45) is 3.80. The highest BCUT2D eigenvalue weighted by atomic mass is 32.2. The van der Waals surface area contributed by atoms with Crippen molar-refractivity contribution < 1.29 is 19.2 Å². The van der Waals surface area contributed by atoms with Crippen molar-refractivity contribution in [1.29, 1.82) is 0 Å². The molecule has 2 aliphatic heterocycles. The summed E-state index contributed by atoms with van der Waals surface area (Å²) in [5.74, 6) is 0.574. The van der Waals surface area contributed by atoms with Crippen LogP contribution in [0.1, 0.15) is 34.3 Å². The summed E-state index contributed by atoms with van der Waals surface area (Å²) in [6, 6.07) is 24.0. The van der Waals surface area contributed by atoms with Gasteiger partial charge in [-0.3, -0.25) is 9.59 Å². The number of rotatable bonds is 6. The van der Waals surface area contributed by atoms with Crippen LogP contribution in [0.3, 0.4) is 0 Å². The zero-order valence-corrected chi connectivity index (χ0v) is 22.0. The number of ether oxygens (including phenoxy) is 1. The third-order valence-electron chi connectivity index (χ3n) is 7.03. The van der Waals surface area contributed by atoms with Crippen LogP contribution in [-0.4, -0.2) is 45.1 Å². The fourth-order valence-electron chi connectivity index (χ4n) is 4.92. The molecule has 0 radical (unpaired) electrons. The molecule has 2 heterocycles. The second kappa shape index (κ2) is 11.2. The van der Waals surface area contributed by atoms with E-state index in [0.717, 1.165) is 54.4 Å². The van der Waals surface area contributed by atoms with Gasteiger partial charge in [-0.25, -0.2) is 0 Å². The standard InChI is InChI=1S/C30H31N3O3S/c1-32-26-19-23(29(34)31-24-13-15-33(16-14-24)20-21-7-4-3-5-8-21)11-12-27(26)37-28(30(32)35)18-22-9-6-10-25(17-22)36-2/h3-12,17-19,24H,13-16,20H2,1-2H3,(H,31,34)/p+1. The normalized spacial score (nSPS) is 20.4. The highest BCUT2D eigenvalue weighted by Crippen LogP contribution is 2.42. The number of thioether (sulfide) groups is 1. The number of amides is 2. The molecule has 0 saturated carbocycles. The fraction of sp³-hybridized carbons (Fsp3) is 0.267. The summed E-state index contributed by atoms with van der Waals surface area (Å²) in [4.78, 5) is 30.9. The minimum absolute atomic E-state index is 0.0807. The lowest BCUT2D eigenvalue weighted by molar-refractivity contribution is -0.918. The van der Waals surface area contributed by atoms with Gasteiger partial charge in [0.1, 0.15) is 12.3 Å². The lowest BCUT2D eigenvalue weighted by atomic mass is 10.0. The van der Waals surface area contributed by atoms with Crippen LogP contribution in [0.4, 0.5) is 5.69 Å². The third kappa shape index (κ3) is 5.89. The van der Waals surface area contributed by atoms with Crippen molar-refractivity contribution in [2.45, 2.75) is 30.3 Å². The second-order valence-electron chi connectivity index (χ2n) is 9.59. The third-order valence-corrected chi connectivity index (χ3v) is 8.11. The molecule has 0 atom stereocenters. The Morgan fingerprint density at radius 1 is 1.08 bits per heavy atom. The molecule has 0 spiro atoms. The van der Waals surface area contributed by atoms with Crippen molar-refractivity contribution >= 4 is 35.3 Å². The number of fused-ring (bicyclic) bond motifs is 1. The van der Waals surface area contributed by atoms with E-state index in [4.69, 9.17) is 4.74 Å². The maximum absolute atomic E-state index is 13.1. The van der Waals surface area contributed by atoms with Gasteiger partial charge in [0.25, 0.3) is 11.8 Å². The van der Waals surface area contributed by atoms with Gasteiger partial charge in [0.15, 0.2) is 0 Å². The van der Waals surface area contributed by atoms with E-state index in [1.165, 1.54) is 17.3 Å². The Morgan fingerprint density at radius 2 is 1.86 bits per heavy atom. The number of likely N-dealkylation sites (N-methyl/N-ethyl adjacent to an activating group) is 1. The molecule has 2 aliphatic rings. The van der Waals surface area contributed by atoms with E-state index in [2.05, 4.69) is 29.6 Å². The second-order valence-corrected chi connectivity index (χ2v) is 10.7. The van der Waals surface area contributed by atoms with E-state index in [9.17, 15) is 9.59 Å². The number of nitrogens with one attached hydrogen (secondary N) is 2. The zero-order valence-electron chi connectivity index (χ0n) is 21.2. The summed E-state index contributed by atoms with van der Waals surface area (Å²) < 4.78 is 5.30. The molecule has 0 bridgehead atoms. The Hall–Kier alpha value is -3.55. The van der Waals surface area contributed by atoms with Gasteiger partial charge >= 0.3 is 0 Å². The maximum atomic E-state index is 13.1. The van der Waals surface area contributed by atoms with Crippen LogP contribution < -0.4 is 19.9 Å². The monoisotopic (exact) mass is 514 g/mol. The van der Waals surface area contributed by atoms with Crippen molar-refractivity contribution in [3.63, 3.8) is 0 Å². The number of carbonyl (C=O) groups is 2. The van der Waals surface area contributed by atoms with Crippen molar-refractivity contribution in [2.75, 3.05) is 32.1 Å². The van der Waals surface area contributed by atoms with Crippen LogP contribution in [0.5, 0.6) is 5.75 Å². The number of hydrogen-bond donors (Lipinski definition) is 2. The predicted molar refractivity (Wildman–Crippen MR) is 148 cm³/mol. The summed E-state index contributed by atoms with van der Waals surface area (Å²) in [5.41, 5.74) is 3.60. The average Bonchev–Trinajstić information content (AvgIpc) is 2.93. The number of piperidine rings is 1. The Morgan fingerprint density at radius 3 is 2.62 bits per heavy atom. The smallest absolute Gasteiger partial charge is 0.264 e. The lowest BCUT2D eigenvalue weighted by Gasteiger charge is -2.30. The summed E-state index contributed by atoms with van der Waals surface area (Å²) in [5, 5.41) is 3.22. The fourth-order valence-corrected chi connectivity index (χ4v) is 6.01. The average molecular weight is 515 g/mol. The van der Waals surface area contributed by atoms with E-state index in [0.29, 0.717) is 10.5 Å². The van der Waals surface area contributed by atoms with E-state index >= 15 is 0 Å². The van der Waals surface area contributed by atoms with Gasteiger partial charge in [0, 0.05) is 42.0 Å². The van der Waals surface area contributed by atoms with Gasteiger partial charge in [-0.15, -0.1) is 0 Å².